The number of hydrogen-bond donors (Lipinski definition) is 2. The maximum Gasteiger partial charge on any atom is 0.230 e. The number of anilines is 1. The molecule has 5 nitrogen and oxygen atoms in total. The Labute approximate surface area is 175 Å². The van der Waals surface area contributed by atoms with Crippen LogP contribution >= 0.6 is 11.6 Å². The molecule has 1 saturated carbocycles. The molecule has 0 spiro atoms. The van der Waals surface area contributed by atoms with Crippen LogP contribution in [0.25, 0.3) is 0 Å². The minimum absolute atomic E-state index is 0.0513. The van der Waals surface area contributed by atoms with Gasteiger partial charge in [-0.05, 0) is 60.7 Å². The molecule has 0 saturated heterocycles. The van der Waals surface area contributed by atoms with Gasteiger partial charge >= 0.3 is 0 Å². The standard InChI is InChI=1S/C23H25ClN2O3/c24-18-6-4-17(5-7-18)23(11-1-2-12-23)22(28)25-13-14-29-19-8-9-20-16(15-19)3-10-21(27)26-20/h4-9,15H,1-3,10-14H2,(H,25,28)(H,26,27). The molecule has 0 unspecified atom stereocenters. The number of ether oxygens (including phenoxy) is 1. The Morgan fingerprint density at radius 3 is 2.62 bits per heavy atom. The summed E-state index contributed by atoms with van der Waals surface area (Å²) >= 11 is 6.02. The Morgan fingerprint density at radius 2 is 1.86 bits per heavy atom. The van der Waals surface area contributed by atoms with Crippen molar-refractivity contribution in [3.63, 3.8) is 0 Å². The molecular weight excluding hydrogens is 388 g/mol. The van der Waals surface area contributed by atoms with Gasteiger partial charge in [-0.25, -0.2) is 0 Å². The fourth-order valence-corrected chi connectivity index (χ4v) is 4.47. The molecule has 1 aliphatic carbocycles. The maximum absolute atomic E-state index is 13.0. The van der Waals surface area contributed by atoms with Gasteiger partial charge in [-0.2, -0.15) is 0 Å². The highest BCUT2D eigenvalue weighted by Crippen LogP contribution is 2.41. The number of carbonyl (C=O) groups is 2. The summed E-state index contributed by atoms with van der Waals surface area (Å²) in [6, 6.07) is 13.3. The van der Waals surface area contributed by atoms with E-state index in [-0.39, 0.29) is 11.8 Å². The number of hydrogen-bond acceptors (Lipinski definition) is 3. The Hall–Kier alpha value is -2.53. The number of benzene rings is 2. The Morgan fingerprint density at radius 1 is 1.10 bits per heavy atom. The molecule has 2 amide bonds. The largest absolute Gasteiger partial charge is 0.492 e. The highest BCUT2D eigenvalue weighted by molar-refractivity contribution is 6.30. The molecule has 2 N–H and O–H groups in total. The highest BCUT2D eigenvalue weighted by atomic mass is 35.5. The van der Waals surface area contributed by atoms with Gasteiger partial charge in [-0.3, -0.25) is 9.59 Å². The quantitative estimate of drug-likeness (QED) is 0.697. The van der Waals surface area contributed by atoms with Crippen molar-refractivity contribution in [1.82, 2.24) is 5.32 Å². The average Bonchev–Trinajstić information content (AvgIpc) is 3.23. The van der Waals surface area contributed by atoms with Gasteiger partial charge in [0.1, 0.15) is 12.4 Å². The van der Waals surface area contributed by atoms with Crippen LogP contribution in [0, 0.1) is 0 Å². The Balaban J connectivity index is 1.33. The van der Waals surface area contributed by atoms with E-state index in [1.165, 1.54) is 0 Å². The van der Waals surface area contributed by atoms with E-state index >= 15 is 0 Å². The van der Waals surface area contributed by atoms with Gasteiger partial charge in [0.2, 0.25) is 11.8 Å². The van der Waals surface area contributed by atoms with Gasteiger partial charge in [0, 0.05) is 17.1 Å². The van der Waals surface area contributed by atoms with Crippen molar-refractivity contribution in [2.24, 2.45) is 0 Å². The molecule has 6 heteroatoms. The molecule has 2 aliphatic rings. The summed E-state index contributed by atoms with van der Waals surface area (Å²) in [5.41, 5.74) is 2.51. The predicted octanol–water partition coefficient (Wildman–Crippen LogP) is 4.23. The van der Waals surface area contributed by atoms with E-state index in [1.54, 1.807) is 0 Å². The topological polar surface area (TPSA) is 67.4 Å². The Kier molecular flexibility index (Phi) is 5.76. The van der Waals surface area contributed by atoms with Crippen LogP contribution in [0.3, 0.4) is 0 Å². The minimum Gasteiger partial charge on any atom is -0.492 e. The minimum atomic E-state index is -0.464. The average molecular weight is 413 g/mol. The van der Waals surface area contributed by atoms with Crippen molar-refractivity contribution in [3.8, 4) is 5.75 Å². The first-order valence-corrected chi connectivity index (χ1v) is 10.5. The zero-order chi connectivity index (χ0) is 20.3. The van der Waals surface area contributed by atoms with E-state index in [0.717, 1.165) is 54.7 Å². The second-order valence-corrected chi connectivity index (χ2v) is 8.20. The summed E-state index contributed by atoms with van der Waals surface area (Å²) in [6.45, 7) is 0.843. The second-order valence-electron chi connectivity index (χ2n) is 7.77. The predicted molar refractivity (Wildman–Crippen MR) is 113 cm³/mol. The van der Waals surface area contributed by atoms with E-state index in [0.29, 0.717) is 24.6 Å². The molecule has 0 radical (unpaired) electrons. The van der Waals surface area contributed by atoms with Crippen molar-refractivity contribution >= 4 is 29.1 Å². The third-order valence-electron chi connectivity index (χ3n) is 5.92. The lowest BCUT2D eigenvalue weighted by molar-refractivity contribution is -0.126. The maximum atomic E-state index is 13.0. The number of nitrogens with one attached hydrogen (secondary N) is 2. The second kappa shape index (κ2) is 8.46. The number of rotatable bonds is 6. The summed E-state index contributed by atoms with van der Waals surface area (Å²) in [5, 5.41) is 6.61. The van der Waals surface area contributed by atoms with Gasteiger partial charge in [-0.1, -0.05) is 36.6 Å². The molecule has 152 valence electrons. The van der Waals surface area contributed by atoms with Gasteiger partial charge in [-0.15, -0.1) is 0 Å². The molecular formula is C23H25ClN2O3. The summed E-state index contributed by atoms with van der Waals surface area (Å²) in [4.78, 5) is 24.5. The van der Waals surface area contributed by atoms with Crippen LogP contribution in [0.1, 0.15) is 43.2 Å². The lowest BCUT2D eigenvalue weighted by Gasteiger charge is -2.28. The summed E-state index contributed by atoms with van der Waals surface area (Å²) in [5.74, 6) is 0.868. The molecule has 1 fully saturated rings. The zero-order valence-corrected chi connectivity index (χ0v) is 17.1. The number of amides is 2. The number of fused-ring (bicyclic) bond motifs is 1. The molecule has 1 aliphatic heterocycles. The molecule has 0 atom stereocenters. The Bertz CT molecular complexity index is 905. The third-order valence-corrected chi connectivity index (χ3v) is 6.17. The smallest absolute Gasteiger partial charge is 0.230 e. The molecule has 2 aromatic carbocycles. The van der Waals surface area contributed by atoms with Crippen molar-refractivity contribution in [1.29, 1.82) is 0 Å². The monoisotopic (exact) mass is 412 g/mol. The first kappa shape index (κ1) is 19.8. The normalized spacial score (nSPS) is 17.3. The SMILES string of the molecule is O=C1CCc2cc(OCCNC(=O)C3(c4ccc(Cl)cc4)CCCC3)ccc2N1. The number of carbonyl (C=O) groups excluding carboxylic acids is 2. The van der Waals surface area contributed by atoms with Gasteiger partial charge in [0.05, 0.1) is 12.0 Å². The van der Waals surface area contributed by atoms with Crippen molar-refractivity contribution in [2.45, 2.75) is 43.9 Å². The van der Waals surface area contributed by atoms with Crippen molar-refractivity contribution < 1.29 is 14.3 Å². The van der Waals surface area contributed by atoms with Gasteiger partial charge in [0.25, 0.3) is 0 Å². The molecule has 1 heterocycles. The van der Waals surface area contributed by atoms with E-state index in [9.17, 15) is 9.59 Å². The van der Waals surface area contributed by atoms with Gasteiger partial charge in [0.15, 0.2) is 0 Å². The molecule has 2 aromatic rings. The third kappa shape index (κ3) is 4.25. The highest BCUT2D eigenvalue weighted by Gasteiger charge is 2.42. The van der Waals surface area contributed by atoms with Crippen molar-refractivity contribution in [2.75, 3.05) is 18.5 Å². The summed E-state index contributed by atoms with van der Waals surface area (Å²) in [7, 11) is 0. The lowest BCUT2D eigenvalue weighted by Crippen LogP contribution is -2.44. The fourth-order valence-electron chi connectivity index (χ4n) is 4.35. The molecule has 0 aromatic heterocycles. The van der Waals surface area contributed by atoms with Crippen LogP contribution < -0.4 is 15.4 Å². The first-order chi connectivity index (χ1) is 14.1. The molecule has 4 rings (SSSR count). The molecule has 0 bridgehead atoms. The van der Waals surface area contributed by atoms with E-state index in [2.05, 4.69) is 10.6 Å². The fraction of sp³-hybridized carbons (Fsp3) is 0.391. The molecule has 29 heavy (non-hydrogen) atoms. The van der Waals surface area contributed by atoms with Crippen LogP contribution in [0.5, 0.6) is 5.75 Å². The lowest BCUT2D eigenvalue weighted by atomic mass is 9.78. The summed E-state index contributed by atoms with van der Waals surface area (Å²) in [6.07, 6.45) is 5.05. The van der Waals surface area contributed by atoms with Crippen LogP contribution in [-0.4, -0.2) is 25.0 Å². The van der Waals surface area contributed by atoms with E-state index in [1.807, 2.05) is 42.5 Å². The van der Waals surface area contributed by atoms with Crippen molar-refractivity contribution in [3.05, 3.63) is 58.6 Å². The zero-order valence-electron chi connectivity index (χ0n) is 16.3. The van der Waals surface area contributed by atoms with E-state index < -0.39 is 5.41 Å². The van der Waals surface area contributed by atoms with E-state index in [4.69, 9.17) is 16.3 Å². The number of halogens is 1. The van der Waals surface area contributed by atoms with Gasteiger partial charge < -0.3 is 15.4 Å². The first-order valence-electron chi connectivity index (χ1n) is 10.2. The van der Waals surface area contributed by atoms with Crippen LogP contribution in [0.15, 0.2) is 42.5 Å². The van der Waals surface area contributed by atoms with Crippen LogP contribution in [-0.2, 0) is 21.4 Å². The van der Waals surface area contributed by atoms with Crippen LogP contribution in [0.2, 0.25) is 5.02 Å². The summed E-state index contributed by atoms with van der Waals surface area (Å²) < 4.78 is 5.82. The van der Waals surface area contributed by atoms with Crippen LogP contribution in [0.4, 0.5) is 5.69 Å². The number of aryl methyl sites for hydroxylation is 1.